The molecule has 0 bridgehead atoms. The fraction of sp³-hybridized carbons (Fsp3) is 0.252. The number of halogens is 1. The molecule has 40 heteroatoms. The number of benzene rings is 7. The van der Waals surface area contributed by atoms with Crippen molar-refractivity contribution in [1.29, 1.82) is 0 Å². The molecule has 13 aromatic rings. The third-order valence-electron chi connectivity index (χ3n) is 20.1. The van der Waals surface area contributed by atoms with Gasteiger partial charge in [-0.2, -0.15) is 63.0 Å². The number of aromatic nitrogens is 10. The van der Waals surface area contributed by atoms with Gasteiger partial charge in [0.1, 0.15) is 27.9 Å². The number of aliphatic imine (C=N–C) groups is 1. The number of allylic oxidation sites excluding steroid dienone is 4. The number of carbonyl (C=O) groups is 2. The van der Waals surface area contributed by atoms with Gasteiger partial charge in [0.2, 0.25) is 5.91 Å². The van der Waals surface area contributed by atoms with Crippen molar-refractivity contribution in [2.24, 2.45) is 16.0 Å². The number of pyridine rings is 1. The summed E-state index contributed by atoms with van der Waals surface area (Å²) in [4.78, 5) is 182. The molecular formula is C107H115FN16O20S3. The topological polar surface area (TPSA) is 519 Å². The number of fused-ring (bicyclic) bond motifs is 3. The van der Waals surface area contributed by atoms with Crippen LogP contribution in [0.5, 0.6) is 5.75 Å². The zero-order valence-electron chi connectivity index (χ0n) is 82.8. The van der Waals surface area contributed by atoms with Gasteiger partial charge in [-0.3, -0.25) is 38.8 Å². The van der Waals surface area contributed by atoms with Crippen LogP contribution >= 0.6 is 23.1 Å². The number of ketones is 1. The van der Waals surface area contributed by atoms with E-state index in [1.807, 2.05) is 252 Å². The lowest BCUT2D eigenvalue weighted by atomic mass is 9.84. The first-order chi connectivity index (χ1) is 70.9. The summed E-state index contributed by atoms with van der Waals surface area (Å²) in [5, 5.41) is 36.3. The average molecular weight is 2060 g/mol. The molecule has 7 aromatic carbocycles. The van der Waals surface area contributed by atoms with Crippen molar-refractivity contribution >= 4 is 133 Å². The molecule has 5 N–H and O–H groups in total. The molecule has 3 atom stereocenters. The highest BCUT2D eigenvalue weighted by Crippen LogP contribution is 2.34. The second-order valence-corrected chi connectivity index (χ2v) is 34.1. The Morgan fingerprint density at radius 1 is 0.694 bits per heavy atom. The summed E-state index contributed by atoms with van der Waals surface area (Å²) in [7, 11) is 0.805. The van der Waals surface area contributed by atoms with Crippen molar-refractivity contribution in [2.45, 2.75) is 154 Å². The van der Waals surface area contributed by atoms with Gasteiger partial charge in [-0.25, -0.2) is 28.3 Å². The number of aromatic amines is 3. The number of amides is 1. The van der Waals surface area contributed by atoms with Gasteiger partial charge in [0.15, 0.2) is 27.9 Å². The number of nitrogens with zero attached hydrogens (tertiary/aromatic N) is 12. The number of piperidine rings is 1. The van der Waals surface area contributed by atoms with Crippen LogP contribution in [-0.2, 0) is 99.0 Å². The molecule has 3 aliphatic heterocycles. The molecule has 1 fully saturated rings. The number of nitro groups is 1. The minimum absolute atomic E-state index is 0.0182. The van der Waals surface area contributed by atoms with Gasteiger partial charge in [-0.05, 0) is 190 Å². The molecule has 3 unspecified atom stereocenters. The Kier molecular flexibility index (Phi) is 61.5. The number of H-pyrrole nitrogens is 3. The fourth-order valence-corrected chi connectivity index (χ4v) is 15.4. The Balaban J connectivity index is 0.000000416. The molecule has 0 spiro atoms. The highest BCUT2D eigenvalue weighted by molar-refractivity contribution is 7.99. The summed E-state index contributed by atoms with van der Waals surface area (Å²) in [6.07, 6.45) is 26.0. The van der Waals surface area contributed by atoms with Crippen LogP contribution in [0.2, 0.25) is 0 Å². The van der Waals surface area contributed by atoms with E-state index in [1.54, 1.807) is 47.8 Å². The number of thiazole rings is 1. The van der Waals surface area contributed by atoms with Gasteiger partial charge in [-0.15, -0.1) is 23.1 Å². The summed E-state index contributed by atoms with van der Waals surface area (Å²) in [5.41, 5.74) is 13.3. The highest BCUT2D eigenvalue weighted by atomic mass is 32.2. The fourth-order valence-electron chi connectivity index (χ4n) is 13.2. The van der Waals surface area contributed by atoms with Gasteiger partial charge >= 0.3 is 42.3 Å². The van der Waals surface area contributed by atoms with E-state index in [4.69, 9.17) is 52.7 Å². The number of aromatic hydroxyl groups is 1. The normalized spacial score (nSPS) is 12.6. The van der Waals surface area contributed by atoms with E-state index in [0.717, 1.165) is 130 Å². The highest BCUT2D eigenvalue weighted by Gasteiger charge is 2.40. The molecule has 17 rings (SSSR count). The van der Waals surface area contributed by atoms with E-state index >= 15 is 0 Å². The molecule has 147 heavy (non-hydrogen) atoms. The molecule has 6 aromatic heterocycles. The first kappa shape index (κ1) is 124. The average Bonchev–Trinajstić information content (AvgIpc) is 1.59. The van der Waals surface area contributed by atoms with Gasteiger partial charge in [-0.1, -0.05) is 210 Å². The van der Waals surface area contributed by atoms with Crippen molar-refractivity contribution < 1.29 is 80.9 Å². The predicted octanol–water partition coefficient (Wildman–Crippen LogP) is 17.5. The van der Waals surface area contributed by atoms with Gasteiger partial charge in [0, 0.05) is 83.6 Å². The van der Waals surface area contributed by atoms with Gasteiger partial charge < -0.3 is 40.1 Å². The molecule has 1 saturated heterocycles. The number of rotatable bonds is 19. The maximum atomic E-state index is 12.7. The minimum Gasteiger partial charge on any atom is -0.508 e. The van der Waals surface area contributed by atoms with Crippen molar-refractivity contribution in [2.75, 3.05) is 37.8 Å². The molecule has 768 valence electrons. The number of amidine groups is 1. The van der Waals surface area contributed by atoms with E-state index in [2.05, 4.69) is 124 Å². The number of phenolic OH excluding ortho intramolecular Hbond substituents is 1. The number of hydrazone groups is 1. The number of hydrogen-bond donors (Lipinski definition) is 5. The number of likely N-dealkylation sites (tertiary alicyclic amines) is 1. The van der Waals surface area contributed by atoms with Crippen LogP contribution < -0.4 is 22.1 Å². The summed E-state index contributed by atoms with van der Waals surface area (Å²) >= 11 is 2.85. The van der Waals surface area contributed by atoms with E-state index in [-0.39, 0.29) is 81.0 Å². The third-order valence-corrected chi connectivity index (χ3v) is 23.2. The number of thioether (sulfide) groups is 1. The number of nitrogens with one attached hydrogen (secondary N) is 4. The van der Waals surface area contributed by atoms with Crippen molar-refractivity contribution in [1.82, 2.24) is 59.6 Å². The van der Waals surface area contributed by atoms with Crippen molar-refractivity contribution in [3.8, 4) is 5.75 Å². The van der Waals surface area contributed by atoms with Crippen LogP contribution in [0, 0.1) is 35.7 Å². The smallest absolute Gasteiger partial charge is 0.373 e. The minimum atomic E-state index is -1.06. The Morgan fingerprint density at radius 2 is 1.27 bits per heavy atom. The molecule has 4 aliphatic rings. The molecular weight excluding hydrogens is 1940 g/mol. The molecule has 9 heterocycles. The molecule has 0 radical (unpaired) electrons. The third kappa shape index (κ3) is 47.5. The molecule has 36 nitrogen and oxygen atoms in total. The van der Waals surface area contributed by atoms with Gasteiger partial charge in [0.25, 0.3) is 11.1 Å². The lowest BCUT2D eigenvalue weighted by Crippen LogP contribution is -2.35. The van der Waals surface area contributed by atoms with E-state index in [9.17, 15) is 47.8 Å². The Hall–Kier alpha value is -17.2. The number of hydrogen-bond acceptors (Lipinski definition) is 32. The van der Waals surface area contributed by atoms with Crippen molar-refractivity contribution in [3.63, 3.8) is 0 Å². The van der Waals surface area contributed by atoms with Crippen LogP contribution in [0.3, 0.4) is 0 Å². The van der Waals surface area contributed by atoms with E-state index in [1.165, 1.54) is 59.8 Å². The van der Waals surface area contributed by atoms with Crippen LogP contribution in [0.1, 0.15) is 149 Å². The summed E-state index contributed by atoms with van der Waals surface area (Å²) < 4.78 is 31.9. The number of anilines is 1. The zero-order chi connectivity index (χ0) is 109. The summed E-state index contributed by atoms with van der Waals surface area (Å²) in [6, 6.07) is 66.8. The van der Waals surface area contributed by atoms with Crippen molar-refractivity contribution in [3.05, 3.63) is 377 Å². The zero-order valence-corrected chi connectivity index (χ0v) is 85.2. The summed E-state index contributed by atoms with van der Waals surface area (Å²) in [6.45, 7) is 29.1. The second kappa shape index (κ2) is 73.0. The number of carbonyl (C=O) groups excluding carboxylic acids is 12. The number of aryl methyl sites for hydroxylation is 2. The predicted molar refractivity (Wildman–Crippen MR) is 556 cm³/mol. The Bertz CT molecular complexity index is 6670. The first-order valence-electron chi connectivity index (χ1n) is 45.5. The molecule has 1 aliphatic carbocycles. The molecule has 0 saturated carbocycles. The van der Waals surface area contributed by atoms with E-state index in [0.29, 0.717) is 41.8 Å². The second-order valence-electron chi connectivity index (χ2n) is 30.5. The monoisotopic (exact) mass is 2060 g/mol. The number of phenols is 1. The number of ether oxygens (including phenoxy) is 1. The SMILES string of the molecule is C/C=C/c1cnn(Cc2ccccc2)c1.C=C(OCC)c1ccccn1.C=C1C(=O)C=C(Cc2ccccc2)c2ccccc21.CC1C([N+](=O)[O-])=NN(Cc2ccccc2)C1C.CCCC(=O)N1CCCCC1.CCCC1=Nc2ccc(O)cc2C1.CCSc1[nH]c(=O)ncc1F.CNc1nccs1.Cc1ccc(S(=O)c2ccccc2)cc1.Cc1nc2nc[nH]c(=O)c2[nH]c1=O.O=C=O.O=C=O.O=C=O.O=C=O.O=C=O. The molecule has 1 amide bonds. The maximum absolute atomic E-state index is 12.7. The first-order valence-corrected chi connectivity index (χ1v) is 48.5. The van der Waals surface area contributed by atoms with Crippen LogP contribution in [0.4, 0.5) is 15.2 Å². The van der Waals surface area contributed by atoms with Gasteiger partial charge in [0.05, 0.1) is 72.0 Å². The Morgan fingerprint density at radius 3 is 1.80 bits per heavy atom. The lowest BCUT2D eigenvalue weighted by Gasteiger charge is -2.26. The van der Waals surface area contributed by atoms with Crippen LogP contribution in [0.15, 0.2) is 314 Å². The standard InChI is InChI=1S/C18H14O.C13H14N2.C13H12OS.C12H15N3O2.C11H13NO.C9H11NO.C9H17NO.C7H6N4O2.C6H7FN2OS.C4H6N2S.5CO2/c1-13-16-9-5-6-10-17(16)15(12-18(13)19)11-14-7-3-2-4-8-14;1-2-6-13-9-14-15(11-13)10-12-7-4-3-5-8-12;1-11-7-9-13(10-8-11)15(14)12-5-3-2-4-6-12;1-9-10(2)14(13-12(9)15(16)17)8-11-6-4-3-5-7-11;1-2-3-9-6-8-7-10(13)4-5-11(8)12-9;1-3-11-8(2)9-6-4-5-7-10-9;1-2-6-9(11)10-7-4-3-5-8-10;1-3-6(12)11-4-5(10-3)8-2-9-7(4)13;1-2-11-5-4(7)3-8-6(10)9-5;1-5-4-6-2-3-7-4;5*2-1-3/h2-10,12H,1,11H2;2-9,11H,10H2,1H3;2-10H,1H3;3-7,9-10H,8H2,1-2H3;4-5,7,13H,2-3,6H2,1H3;4-7H,2-3H2,1H3;2-8H2,1H3;2H,1H3,(H,11,12)(H,8,9,10,13);3H,2H2,1H3,(H,8,9,10);2-3H,1H3,(H,5,6);;;;;/b;6-2+;;;;;;;;;;;;;. The lowest BCUT2D eigenvalue weighted by molar-refractivity contribution is -0.355. The maximum Gasteiger partial charge on any atom is 0.373 e. The quantitative estimate of drug-likeness (QED) is 0.0125. The van der Waals surface area contributed by atoms with Crippen LogP contribution in [0.25, 0.3) is 34.1 Å². The van der Waals surface area contributed by atoms with E-state index < -0.39 is 27.9 Å². The largest absolute Gasteiger partial charge is 0.508 e. The Labute approximate surface area is 859 Å². The summed E-state index contributed by atoms with van der Waals surface area (Å²) in [5.74, 6) is 1.52. The van der Waals surface area contributed by atoms with Crippen LogP contribution in [-0.4, -0.2) is 166 Å².